The van der Waals surface area contributed by atoms with Gasteiger partial charge in [0, 0.05) is 18.9 Å². The van der Waals surface area contributed by atoms with Crippen molar-refractivity contribution < 1.29 is 18.0 Å². The van der Waals surface area contributed by atoms with E-state index in [0.29, 0.717) is 6.54 Å². The highest BCUT2D eigenvalue weighted by Gasteiger charge is 2.28. The Morgan fingerprint density at radius 2 is 2.00 bits per heavy atom. The first-order valence-electron chi connectivity index (χ1n) is 6.60. The molecule has 0 saturated heterocycles. The molecule has 0 aliphatic rings. The van der Waals surface area contributed by atoms with Gasteiger partial charge in [-0.25, -0.2) is 4.98 Å². The Morgan fingerprint density at radius 1 is 1.33 bits per heavy atom. The summed E-state index contributed by atoms with van der Waals surface area (Å²) < 4.78 is 37.8. The van der Waals surface area contributed by atoms with Gasteiger partial charge in [-0.1, -0.05) is 20.8 Å². The topological polar surface area (TPSA) is 59.0 Å². The van der Waals surface area contributed by atoms with Crippen LogP contribution in [0.2, 0.25) is 0 Å². The second-order valence-corrected chi connectivity index (χ2v) is 5.96. The van der Waals surface area contributed by atoms with Crippen molar-refractivity contribution in [1.82, 2.24) is 20.2 Å². The number of carbonyl (C=O) groups is 1. The zero-order chi connectivity index (χ0) is 16.1. The van der Waals surface area contributed by atoms with Crippen molar-refractivity contribution >= 4 is 5.91 Å². The van der Waals surface area contributed by atoms with Crippen molar-refractivity contribution in [1.29, 1.82) is 0 Å². The van der Waals surface area contributed by atoms with Gasteiger partial charge in [0.25, 0.3) is 0 Å². The zero-order valence-corrected chi connectivity index (χ0v) is 12.4. The minimum Gasteiger partial charge on any atom is -0.350 e. The maximum atomic E-state index is 12.0. The quantitative estimate of drug-likeness (QED) is 0.838. The van der Waals surface area contributed by atoms with Crippen molar-refractivity contribution in [3.63, 3.8) is 0 Å². The first kappa shape index (κ1) is 17.5. The highest BCUT2D eigenvalue weighted by molar-refractivity contribution is 5.78. The van der Waals surface area contributed by atoms with Gasteiger partial charge in [-0.2, -0.15) is 13.2 Å². The van der Waals surface area contributed by atoms with Crippen LogP contribution in [0.4, 0.5) is 13.2 Å². The van der Waals surface area contributed by atoms with E-state index < -0.39 is 18.6 Å². The standard InChI is InChI=1S/C13H21F3N4O/c1-12(2,3)10(7-20-5-4-17-9-20)19-11(21)6-18-8-13(14,15)16/h4-5,9-10,18H,6-8H2,1-3H3,(H,19,21). The molecule has 1 aromatic rings. The molecule has 0 bridgehead atoms. The number of carbonyl (C=O) groups excluding carboxylic acids is 1. The molecule has 0 fully saturated rings. The number of rotatable bonds is 6. The van der Waals surface area contributed by atoms with E-state index in [2.05, 4.69) is 15.6 Å². The summed E-state index contributed by atoms with van der Waals surface area (Å²) in [6.07, 6.45) is 0.715. The molecular formula is C13H21F3N4O. The lowest BCUT2D eigenvalue weighted by Crippen LogP contribution is -2.49. The lowest BCUT2D eigenvalue weighted by atomic mass is 9.86. The van der Waals surface area contributed by atoms with E-state index in [1.807, 2.05) is 25.3 Å². The highest BCUT2D eigenvalue weighted by atomic mass is 19.4. The number of imidazole rings is 1. The van der Waals surface area contributed by atoms with Crippen LogP contribution in [-0.2, 0) is 11.3 Å². The molecule has 0 saturated carbocycles. The molecule has 1 rings (SSSR count). The predicted molar refractivity (Wildman–Crippen MR) is 72.5 cm³/mol. The van der Waals surface area contributed by atoms with E-state index in [1.54, 1.807) is 18.7 Å². The van der Waals surface area contributed by atoms with Gasteiger partial charge in [0.2, 0.25) is 5.91 Å². The van der Waals surface area contributed by atoms with Crippen LogP contribution in [0.1, 0.15) is 20.8 Å². The van der Waals surface area contributed by atoms with Gasteiger partial charge in [-0.05, 0) is 5.41 Å². The van der Waals surface area contributed by atoms with Gasteiger partial charge in [0.05, 0.1) is 25.5 Å². The van der Waals surface area contributed by atoms with E-state index >= 15 is 0 Å². The number of hydrogen-bond donors (Lipinski definition) is 2. The molecular weight excluding hydrogens is 285 g/mol. The molecule has 0 aromatic carbocycles. The average molecular weight is 306 g/mol. The SMILES string of the molecule is CC(C)(C)C(Cn1ccnc1)NC(=O)CNCC(F)(F)F. The van der Waals surface area contributed by atoms with Crippen molar-refractivity contribution in [2.24, 2.45) is 5.41 Å². The molecule has 1 heterocycles. The third-order valence-corrected chi connectivity index (χ3v) is 2.94. The van der Waals surface area contributed by atoms with Gasteiger partial charge in [0.15, 0.2) is 0 Å². The van der Waals surface area contributed by atoms with Crippen molar-refractivity contribution in [3.8, 4) is 0 Å². The summed E-state index contributed by atoms with van der Waals surface area (Å²) in [4.78, 5) is 15.7. The van der Waals surface area contributed by atoms with Gasteiger partial charge >= 0.3 is 6.18 Å². The fraction of sp³-hybridized carbons (Fsp3) is 0.692. The van der Waals surface area contributed by atoms with E-state index in [-0.39, 0.29) is 18.0 Å². The Bertz CT molecular complexity index is 437. The Kier molecular flexibility index (Phi) is 5.77. The first-order chi connectivity index (χ1) is 9.58. The smallest absolute Gasteiger partial charge is 0.350 e. The van der Waals surface area contributed by atoms with Crippen LogP contribution >= 0.6 is 0 Å². The van der Waals surface area contributed by atoms with Crippen LogP contribution in [0.25, 0.3) is 0 Å². The van der Waals surface area contributed by atoms with Crippen molar-refractivity contribution in [3.05, 3.63) is 18.7 Å². The molecule has 8 heteroatoms. The molecule has 0 radical (unpaired) electrons. The van der Waals surface area contributed by atoms with Crippen LogP contribution in [0, 0.1) is 5.41 Å². The molecule has 1 amide bonds. The number of nitrogens with one attached hydrogen (secondary N) is 2. The lowest BCUT2D eigenvalue weighted by Gasteiger charge is -2.31. The fourth-order valence-corrected chi connectivity index (χ4v) is 1.70. The van der Waals surface area contributed by atoms with Gasteiger partial charge in [-0.15, -0.1) is 0 Å². The summed E-state index contributed by atoms with van der Waals surface area (Å²) in [5, 5.41) is 4.85. The second-order valence-electron chi connectivity index (χ2n) is 5.96. The minimum atomic E-state index is -4.32. The third-order valence-electron chi connectivity index (χ3n) is 2.94. The molecule has 5 nitrogen and oxygen atoms in total. The van der Waals surface area contributed by atoms with Crippen molar-refractivity contribution in [2.75, 3.05) is 13.1 Å². The summed E-state index contributed by atoms with van der Waals surface area (Å²) in [5.41, 5.74) is -0.232. The molecule has 1 aromatic heterocycles. The van der Waals surface area contributed by atoms with Crippen LogP contribution in [0.3, 0.4) is 0 Å². The summed E-state index contributed by atoms with van der Waals surface area (Å²) >= 11 is 0. The molecule has 1 atom stereocenters. The summed E-state index contributed by atoms with van der Waals surface area (Å²) in [6.45, 7) is 4.83. The summed E-state index contributed by atoms with van der Waals surface area (Å²) in [6, 6.07) is -0.216. The summed E-state index contributed by atoms with van der Waals surface area (Å²) in [5.74, 6) is -0.459. The molecule has 1 unspecified atom stereocenters. The normalized spacial score (nSPS) is 14.0. The van der Waals surface area contributed by atoms with Crippen LogP contribution in [0.5, 0.6) is 0 Å². The number of amides is 1. The molecule has 21 heavy (non-hydrogen) atoms. The number of halogens is 3. The largest absolute Gasteiger partial charge is 0.401 e. The van der Waals surface area contributed by atoms with Gasteiger partial charge in [-0.3, -0.25) is 4.79 Å². The monoisotopic (exact) mass is 306 g/mol. The van der Waals surface area contributed by atoms with Gasteiger partial charge < -0.3 is 15.2 Å². The van der Waals surface area contributed by atoms with Crippen LogP contribution in [0.15, 0.2) is 18.7 Å². The van der Waals surface area contributed by atoms with E-state index in [9.17, 15) is 18.0 Å². The molecule has 2 N–H and O–H groups in total. The van der Waals surface area contributed by atoms with E-state index in [0.717, 1.165) is 0 Å². The Balaban J connectivity index is 2.51. The molecule has 0 aliphatic heterocycles. The maximum Gasteiger partial charge on any atom is 0.401 e. The predicted octanol–water partition coefficient (Wildman–Crippen LogP) is 1.57. The molecule has 120 valence electrons. The maximum absolute atomic E-state index is 12.0. The first-order valence-corrected chi connectivity index (χ1v) is 6.60. The third kappa shape index (κ3) is 7.12. The second kappa shape index (κ2) is 6.93. The Labute approximate surface area is 121 Å². The highest BCUT2D eigenvalue weighted by Crippen LogP contribution is 2.20. The number of hydrogen-bond acceptors (Lipinski definition) is 3. The number of alkyl halides is 3. The van der Waals surface area contributed by atoms with E-state index in [1.165, 1.54) is 0 Å². The molecule has 0 aliphatic carbocycles. The van der Waals surface area contributed by atoms with Crippen molar-refractivity contribution in [2.45, 2.75) is 39.5 Å². The van der Waals surface area contributed by atoms with Crippen LogP contribution in [-0.4, -0.2) is 40.8 Å². The fourth-order valence-electron chi connectivity index (χ4n) is 1.70. The summed E-state index contributed by atoms with van der Waals surface area (Å²) in [7, 11) is 0. The van der Waals surface area contributed by atoms with Crippen LogP contribution < -0.4 is 10.6 Å². The zero-order valence-electron chi connectivity index (χ0n) is 12.4. The minimum absolute atomic E-state index is 0.216. The number of nitrogens with zero attached hydrogens (tertiary/aromatic N) is 2. The van der Waals surface area contributed by atoms with E-state index in [4.69, 9.17) is 0 Å². The molecule has 0 spiro atoms. The van der Waals surface area contributed by atoms with Gasteiger partial charge in [0.1, 0.15) is 0 Å². The number of aromatic nitrogens is 2. The Hall–Kier alpha value is -1.57. The Morgan fingerprint density at radius 3 is 2.48 bits per heavy atom. The lowest BCUT2D eigenvalue weighted by molar-refractivity contribution is -0.129. The average Bonchev–Trinajstić information content (AvgIpc) is 2.77.